The van der Waals surface area contributed by atoms with Gasteiger partial charge in [-0.05, 0) is 59.9 Å². The average molecular weight is 555 g/mol. The molecular formula is C32H34F4N2O2. The van der Waals surface area contributed by atoms with Crippen molar-refractivity contribution < 1.29 is 27.0 Å². The molecule has 0 atom stereocenters. The van der Waals surface area contributed by atoms with Gasteiger partial charge in [0.15, 0.2) is 17.3 Å². The van der Waals surface area contributed by atoms with Crippen LogP contribution in [0.25, 0.3) is 10.8 Å². The van der Waals surface area contributed by atoms with Crippen LogP contribution in [0.1, 0.15) is 61.5 Å². The van der Waals surface area contributed by atoms with Crippen LogP contribution in [0.5, 0.6) is 11.5 Å². The Morgan fingerprint density at radius 2 is 1.50 bits per heavy atom. The van der Waals surface area contributed by atoms with E-state index in [4.69, 9.17) is 4.74 Å². The van der Waals surface area contributed by atoms with Crippen molar-refractivity contribution in [3.63, 3.8) is 0 Å². The molecule has 4 nitrogen and oxygen atoms in total. The Morgan fingerprint density at radius 3 is 2.25 bits per heavy atom. The highest BCUT2D eigenvalue weighted by Gasteiger charge is 2.12. The minimum absolute atomic E-state index is 0.313. The molecule has 0 spiro atoms. The molecule has 0 unspecified atom stereocenters. The Bertz CT molecular complexity index is 1380. The van der Waals surface area contributed by atoms with Gasteiger partial charge in [0, 0.05) is 11.8 Å². The number of unbranched alkanes of at least 4 members (excludes halogenated alkanes) is 4. The van der Waals surface area contributed by atoms with E-state index in [1.807, 2.05) is 18.2 Å². The van der Waals surface area contributed by atoms with E-state index in [-0.39, 0.29) is 5.82 Å². The fraction of sp³-hybridized carbons (Fsp3) is 0.375. The fourth-order valence-corrected chi connectivity index (χ4v) is 4.60. The van der Waals surface area contributed by atoms with Gasteiger partial charge in [-0.15, -0.1) is 0 Å². The second-order valence-electron chi connectivity index (χ2n) is 9.84. The van der Waals surface area contributed by atoms with Crippen molar-refractivity contribution in [3.8, 4) is 11.5 Å². The van der Waals surface area contributed by atoms with Crippen LogP contribution in [-0.2, 0) is 25.7 Å². The normalized spacial score (nSPS) is 11.3. The van der Waals surface area contributed by atoms with Crippen molar-refractivity contribution in [2.45, 2.75) is 71.3 Å². The molecule has 0 fully saturated rings. The molecular weight excluding hydrogens is 520 g/mol. The number of nitrogens with zero attached hydrogens (tertiary/aromatic N) is 2. The first-order valence-corrected chi connectivity index (χ1v) is 13.8. The molecule has 0 bridgehead atoms. The maximum absolute atomic E-state index is 15.2. The van der Waals surface area contributed by atoms with Gasteiger partial charge in [0.1, 0.15) is 11.6 Å². The summed E-state index contributed by atoms with van der Waals surface area (Å²) in [4.78, 5) is 8.84. The summed E-state index contributed by atoms with van der Waals surface area (Å²) in [5.74, 6) is -0.285. The van der Waals surface area contributed by atoms with Crippen LogP contribution in [-0.4, -0.2) is 23.2 Å². The number of alkyl halides is 2. The number of aromatic nitrogens is 2. The predicted octanol–water partition coefficient (Wildman–Crippen LogP) is 8.43. The summed E-state index contributed by atoms with van der Waals surface area (Å²) in [6, 6.07) is 13.1. The van der Waals surface area contributed by atoms with E-state index >= 15 is 4.39 Å². The van der Waals surface area contributed by atoms with Crippen LogP contribution in [0.15, 0.2) is 60.9 Å². The lowest BCUT2D eigenvalue weighted by Gasteiger charge is -2.10. The van der Waals surface area contributed by atoms with E-state index in [0.29, 0.717) is 54.6 Å². The summed E-state index contributed by atoms with van der Waals surface area (Å²) in [5, 5.41) is 1.31. The first-order valence-electron chi connectivity index (χ1n) is 13.8. The van der Waals surface area contributed by atoms with Gasteiger partial charge in [-0.25, -0.2) is 18.7 Å². The maximum atomic E-state index is 15.2. The van der Waals surface area contributed by atoms with Gasteiger partial charge in [0.05, 0.1) is 19.0 Å². The van der Waals surface area contributed by atoms with Gasteiger partial charge in [-0.3, -0.25) is 0 Å². The largest absolute Gasteiger partial charge is 0.490 e. The van der Waals surface area contributed by atoms with Crippen molar-refractivity contribution in [2.24, 2.45) is 0 Å². The van der Waals surface area contributed by atoms with Crippen molar-refractivity contribution in [3.05, 3.63) is 95.1 Å². The van der Waals surface area contributed by atoms with Crippen molar-refractivity contribution in [1.82, 2.24) is 9.97 Å². The van der Waals surface area contributed by atoms with E-state index in [2.05, 4.69) is 21.6 Å². The highest BCUT2D eigenvalue weighted by Crippen LogP contribution is 2.26. The van der Waals surface area contributed by atoms with Crippen LogP contribution in [0, 0.1) is 11.6 Å². The summed E-state index contributed by atoms with van der Waals surface area (Å²) in [7, 11) is 0. The van der Waals surface area contributed by atoms with E-state index in [1.165, 1.54) is 37.8 Å². The fourth-order valence-electron chi connectivity index (χ4n) is 4.60. The Hall–Kier alpha value is -3.68. The van der Waals surface area contributed by atoms with Crippen LogP contribution >= 0.6 is 0 Å². The second kappa shape index (κ2) is 14.6. The molecule has 8 heteroatoms. The molecule has 212 valence electrons. The third kappa shape index (κ3) is 8.41. The van der Waals surface area contributed by atoms with E-state index < -0.39 is 18.2 Å². The van der Waals surface area contributed by atoms with Gasteiger partial charge in [0.25, 0.3) is 0 Å². The number of halogens is 4. The number of fused-ring (bicyclic) bond motifs is 1. The molecule has 0 saturated heterocycles. The van der Waals surface area contributed by atoms with Gasteiger partial charge in [-0.2, -0.15) is 8.78 Å². The van der Waals surface area contributed by atoms with Crippen LogP contribution in [0.4, 0.5) is 17.6 Å². The molecule has 0 saturated carbocycles. The number of hydrogen-bond acceptors (Lipinski definition) is 4. The number of hydrogen-bond donors (Lipinski definition) is 0. The first kappa shape index (κ1) is 29.3. The molecule has 40 heavy (non-hydrogen) atoms. The molecule has 4 rings (SSSR count). The lowest BCUT2D eigenvalue weighted by Crippen LogP contribution is -2.04. The van der Waals surface area contributed by atoms with Gasteiger partial charge >= 0.3 is 6.61 Å². The number of benzene rings is 3. The zero-order chi connectivity index (χ0) is 28.3. The van der Waals surface area contributed by atoms with Crippen molar-refractivity contribution in [1.29, 1.82) is 0 Å². The molecule has 0 aliphatic carbocycles. The van der Waals surface area contributed by atoms with Gasteiger partial charge in [-0.1, -0.05) is 69.0 Å². The third-order valence-electron chi connectivity index (χ3n) is 6.83. The molecule has 0 amide bonds. The Balaban J connectivity index is 1.30. The van der Waals surface area contributed by atoms with Crippen molar-refractivity contribution >= 4 is 10.8 Å². The molecule has 0 aliphatic rings. The molecule has 0 N–H and O–H groups in total. The topological polar surface area (TPSA) is 44.2 Å². The lowest BCUT2D eigenvalue weighted by atomic mass is 9.98. The van der Waals surface area contributed by atoms with E-state index in [1.54, 1.807) is 24.5 Å². The average Bonchev–Trinajstić information content (AvgIpc) is 2.95. The van der Waals surface area contributed by atoms with Gasteiger partial charge < -0.3 is 9.47 Å². The minimum Gasteiger partial charge on any atom is -0.490 e. The molecule has 1 aromatic heterocycles. The van der Waals surface area contributed by atoms with E-state index in [9.17, 15) is 13.2 Å². The Labute approximate surface area is 232 Å². The third-order valence-corrected chi connectivity index (χ3v) is 6.83. The summed E-state index contributed by atoms with van der Waals surface area (Å²) >= 11 is 0. The van der Waals surface area contributed by atoms with Crippen LogP contribution in [0.3, 0.4) is 0 Å². The number of aryl methyl sites for hydroxylation is 4. The lowest BCUT2D eigenvalue weighted by molar-refractivity contribution is -0.0522. The first-order chi connectivity index (χ1) is 19.4. The standard InChI is InChI=1S/C32H34F4N2O2/c1-2-3-4-5-6-17-39-26-20-37-30(38-21-26)16-10-22-8-14-27-25(18-22)13-12-24(31(27)34)11-7-23-9-15-29(28(33)19-23)40-32(35)36/h8-9,12-15,18-21,32H,2-7,10-11,16-17H2,1H3. The quantitative estimate of drug-likeness (QED) is 0.109. The highest BCUT2D eigenvalue weighted by atomic mass is 19.3. The number of rotatable bonds is 15. The van der Waals surface area contributed by atoms with Gasteiger partial charge in [0.2, 0.25) is 0 Å². The maximum Gasteiger partial charge on any atom is 0.387 e. The SMILES string of the molecule is CCCCCCCOc1cnc(CCc2ccc3c(F)c(CCc4ccc(OC(F)F)c(F)c4)ccc3c2)nc1. The zero-order valence-electron chi connectivity index (χ0n) is 22.6. The molecule has 0 aliphatic heterocycles. The molecule has 1 heterocycles. The smallest absolute Gasteiger partial charge is 0.387 e. The summed E-state index contributed by atoms with van der Waals surface area (Å²) in [5.41, 5.74) is 2.13. The number of ether oxygens (including phenoxy) is 2. The molecule has 4 aromatic rings. The van der Waals surface area contributed by atoms with E-state index in [0.717, 1.165) is 29.3 Å². The summed E-state index contributed by atoms with van der Waals surface area (Å²) < 4.78 is 63.8. The summed E-state index contributed by atoms with van der Waals surface area (Å²) in [6.45, 7) is -0.224. The van der Waals surface area contributed by atoms with Crippen LogP contribution in [0.2, 0.25) is 0 Å². The highest BCUT2D eigenvalue weighted by molar-refractivity contribution is 5.84. The Morgan fingerprint density at radius 1 is 0.775 bits per heavy atom. The summed E-state index contributed by atoms with van der Waals surface area (Å²) in [6.07, 6.45) is 11.4. The minimum atomic E-state index is -3.10. The molecule has 3 aromatic carbocycles. The Kier molecular flexibility index (Phi) is 10.7. The predicted molar refractivity (Wildman–Crippen MR) is 148 cm³/mol. The second-order valence-corrected chi connectivity index (χ2v) is 9.84. The van der Waals surface area contributed by atoms with Crippen molar-refractivity contribution in [2.75, 3.05) is 6.61 Å². The molecule has 0 radical (unpaired) electrons. The monoisotopic (exact) mass is 554 g/mol. The zero-order valence-corrected chi connectivity index (χ0v) is 22.6. The van der Waals surface area contributed by atoms with Crippen LogP contribution < -0.4 is 9.47 Å².